The molecule has 0 saturated carbocycles. The summed E-state index contributed by atoms with van der Waals surface area (Å²) in [5.74, 6) is 1.36. The molecule has 78 valence electrons. The number of amides is 1. The average molecular weight is 205 g/mol. The van der Waals surface area contributed by atoms with Gasteiger partial charge in [0, 0.05) is 0 Å². The molecule has 1 atom stereocenters. The fourth-order valence-corrected chi connectivity index (χ4v) is 1.14. The number of aryl methyl sites for hydroxylation is 1. The van der Waals surface area contributed by atoms with Crippen molar-refractivity contribution < 1.29 is 9.18 Å². The van der Waals surface area contributed by atoms with Crippen LogP contribution >= 0.6 is 0 Å². The summed E-state index contributed by atoms with van der Waals surface area (Å²) in [5.41, 5.74) is 0.466. The maximum Gasteiger partial charge on any atom is 0.255 e. The van der Waals surface area contributed by atoms with E-state index in [1.54, 1.807) is 26.0 Å². The average Bonchev–Trinajstić information content (AvgIpc) is 2.21. The second kappa shape index (κ2) is 4.61. The Labute approximate surface area is 88.5 Å². The minimum Gasteiger partial charge on any atom is -0.339 e. The van der Waals surface area contributed by atoms with Crippen LogP contribution in [0.1, 0.15) is 22.8 Å². The van der Waals surface area contributed by atoms with Gasteiger partial charge in [-0.25, -0.2) is 4.39 Å². The molecule has 1 N–H and O–H groups in total. The van der Waals surface area contributed by atoms with Crippen molar-refractivity contribution in [2.24, 2.45) is 0 Å². The van der Waals surface area contributed by atoms with E-state index in [-0.39, 0.29) is 5.56 Å². The normalized spacial score (nSPS) is 11.6. The van der Waals surface area contributed by atoms with Gasteiger partial charge >= 0.3 is 0 Å². The molecule has 1 aromatic rings. The minimum atomic E-state index is -0.501. The quantitative estimate of drug-likeness (QED) is 0.734. The van der Waals surface area contributed by atoms with E-state index in [9.17, 15) is 9.18 Å². The Balaban J connectivity index is 2.93. The number of hydrogen-bond acceptors (Lipinski definition) is 1. The second-order valence-electron chi connectivity index (χ2n) is 3.30. The smallest absolute Gasteiger partial charge is 0.255 e. The van der Waals surface area contributed by atoms with E-state index in [4.69, 9.17) is 6.42 Å². The highest BCUT2D eigenvalue weighted by atomic mass is 19.1. The van der Waals surface area contributed by atoms with Gasteiger partial charge in [0.05, 0.1) is 11.6 Å². The first-order valence-electron chi connectivity index (χ1n) is 4.58. The maximum absolute atomic E-state index is 13.5. The van der Waals surface area contributed by atoms with Crippen LogP contribution in [0.25, 0.3) is 0 Å². The first-order chi connectivity index (χ1) is 7.06. The van der Waals surface area contributed by atoms with E-state index in [1.165, 1.54) is 6.07 Å². The SMILES string of the molecule is C#CC(C)NC(=O)c1cccc(C)c1F. The molecule has 0 aliphatic heterocycles. The molecule has 0 saturated heterocycles. The van der Waals surface area contributed by atoms with E-state index in [2.05, 4.69) is 11.2 Å². The van der Waals surface area contributed by atoms with E-state index >= 15 is 0 Å². The topological polar surface area (TPSA) is 29.1 Å². The van der Waals surface area contributed by atoms with Crippen molar-refractivity contribution in [2.45, 2.75) is 19.9 Å². The fraction of sp³-hybridized carbons (Fsp3) is 0.250. The molecule has 0 fully saturated rings. The zero-order valence-electron chi connectivity index (χ0n) is 8.67. The molecule has 0 aliphatic rings. The minimum absolute atomic E-state index is 0.0251. The summed E-state index contributed by atoms with van der Waals surface area (Å²) in [7, 11) is 0. The lowest BCUT2D eigenvalue weighted by molar-refractivity contribution is 0.0944. The number of halogens is 1. The van der Waals surface area contributed by atoms with Gasteiger partial charge in [0.15, 0.2) is 0 Å². The number of nitrogens with one attached hydrogen (secondary N) is 1. The van der Waals surface area contributed by atoms with Crippen LogP contribution in [0.5, 0.6) is 0 Å². The molecule has 0 radical (unpaired) electrons. The predicted molar refractivity (Wildman–Crippen MR) is 56.9 cm³/mol. The predicted octanol–water partition coefficient (Wildman–Crippen LogP) is 1.89. The number of carbonyl (C=O) groups excluding carboxylic acids is 1. The summed E-state index contributed by atoms with van der Waals surface area (Å²) in [6, 6.07) is 4.27. The van der Waals surface area contributed by atoms with Crippen molar-refractivity contribution in [3.8, 4) is 12.3 Å². The summed E-state index contributed by atoms with van der Waals surface area (Å²) in [5, 5.41) is 2.50. The molecule has 0 heterocycles. The molecule has 0 spiro atoms. The molecule has 0 aromatic heterocycles. The molecular formula is C12H12FNO. The lowest BCUT2D eigenvalue weighted by Crippen LogP contribution is -2.32. The maximum atomic E-state index is 13.5. The molecule has 0 bridgehead atoms. The molecule has 2 nitrogen and oxygen atoms in total. The van der Waals surface area contributed by atoms with Crippen LogP contribution in [0.3, 0.4) is 0 Å². The summed E-state index contributed by atoms with van der Waals surface area (Å²) < 4.78 is 13.5. The van der Waals surface area contributed by atoms with E-state index in [1.807, 2.05) is 0 Å². The number of terminal acetylenes is 1. The molecule has 0 aliphatic carbocycles. The van der Waals surface area contributed by atoms with Gasteiger partial charge in [-0.3, -0.25) is 4.79 Å². The van der Waals surface area contributed by atoms with Crippen molar-refractivity contribution >= 4 is 5.91 Å². The van der Waals surface area contributed by atoms with Crippen molar-refractivity contribution in [2.75, 3.05) is 0 Å². The lowest BCUT2D eigenvalue weighted by atomic mass is 10.1. The van der Waals surface area contributed by atoms with Gasteiger partial charge in [0.1, 0.15) is 5.82 Å². The molecule has 1 amide bonds. The lowest BCUT2D eigenvalue weighted by Gasteiger charge is -2.09. The van der Waals surface area contributed by atoms with Gasteiger partial charge < -0.3 is 5.32 Å². The Bertz CT molecular complexity index is 420. The Morgan fingerprint density at radius 2 is 2.27 bits per heavy atom. The zero-order chi connectivity index (χ0) is 11.4. The molecule has 1 aromatic carbocycles. The monoisotopic (exact) mass is 205 g/mol. The van der Waals surface area contributed by atoms with Crippen LogP contribution in [-0.2, 0) is 0 Å². The highest BCUT2D eigenvalue weighted by molar-refractivity contribution is 5.95. The molecule has 1 unspecified atom stereocenters. The van der Waals surface area contributed by atoms with Crippen LogP contribution in [0.4, 0.5) is 4.39 Å². The first kappa shape index (κ1) is 11.3. The fourth-order valence-electron chi connectivity index (χ4n) is 1.14. The molecule has 3 heteroatoms. The van der Waals surface area contributed by atoms with Crippen molar-refractivity contribution in [1.82, 2.24) is 5.32 Å². The third kappa shape index (κ3) is 2.57. The zero-order valence-corrected chi connectivity index (χ0v) is 8.67. The van der Waals surface area contributed by atoms with E-state index < -0.39 is 17.8 Å². The summed E-state index contributed by atoms with van der Waals surface area (Å²) >= 11 is 0. The van der Waals surface area contributed by atoms with Crippen LogP contribution in [0, 0.1) is 25.1 Å². The molecular weight excluding hydrogens is 193 g/mol. The van der Waals surface area contributed by atoms with E-state index in [0.717, 1.165) is 0 Å². The van der Waals surface area contributed by atoms with Gasteiger partial charge in [0.25, 0.3) is 5.91 Å². The van der Waals surface area contributed by atoms with Crippen LogP contribution in [0.15, 0.2) is 18.2 Å². The van der Waals surface area contributed by atoms with Crippen molar-refractivity contribution in [1.29, 1.82) is 0 Å². The van der Waals surface area contributed by atoms with Gasteiger partial charge in [-0.2, -0.15) is 0 Å². The Kier molecular flexibility index (Phi) is 3.46. The van der Waals surface area contributed by atoms with Crippen LogP contribution in [-0.4, -0.2) is 11.9 Å². The van der Waals surface area contributed by atoms with Crippen LogP contribution < -0.4 is 5.32 Å². The highest BCUT2D eigenvalue weighted by Gasteiger charge is 2.13. The standard InChI is InChI=1S/C12H12FNO/c1-4-9(3)14-12(15)10-7-5-6-8(2)11(10)13/h1,5-7,9H,2-3H3,(H,14,15). The van der Waals surface area contributed by atoms with Gasteiger partial charge in [-0.15, -0.1) is 6.42 Å². The van der Waals surface area contributed by atoms with Crippen molar-refractivity contribution in [3.63, 3.8) is 0 Å². The van der Waals surface area contributed by atoms with Crippen molar-refractivity contribution in [3.05, 3.63) is 35.1 Å². The number of hydrogen-bond donors (Lipinski definition) is 1. The second-order valence-corrected chi connectivity index (χ2v) is 3.30. The summed E-state index contributed by atoms with van der Waals surface area (Å²) in [6.07, 6.45) is 5.11. The first-order valence-corrected chi connectivity index (χ1v) is 4.58. The van der Waals surface area contributed by atoms with Gasteiger partial charge in [0.2, 0.25) is 0 Å². The van der Waals surface area contributed by atoms with E-state index in [0.29, 0.717) is 5.56 Å². The Morgan fingerprint density at radius 3 is 2.87 bits per heavy atom. The largest absolute Gasteiger partial charge is 0.339 e. The highest BCUT2D eigenvalue weighted by Crippen LogP contribution is 2.11. The van der Waals surface area contributed by atoms with Gasteiger partial charge in [-0.1, -0.05) is 18.1 Å². The third-order valence-corrected chi connectivity index (χ3v) is 2.03. The number of benzene rings is 1. The third-order valence-electron chi connectivity index (χ3n) is 2.03. The number of rotatable bonds is 2. The molecule has 15 heavy (non-hydrogen) atoms. The molecule has 1 rings (SSSR count). The number of carbonyl (C=O) groups is 1. The Hall–Kier alpha value is -1.82. The Morgan fingerprint density at radius 1 is 1.60 bits per heavy atom. The van der Waals surface area contributed by atoms with Crippen LogP contribution in [0.2, 0.25) is 0 Å². The van der Waals surface area contributed by atoms with Gasteiger partial charge in [-0.05, 0) is 25.5 Å². The summed E-state index contributed by atoms with van der Waals surface area (Å²) in [6.45, 7) is 3.27. The summed E-state index contributed by atoms with van der Waals surface area (Å²) in [4.78, 5) is 11.5.